The molecule has 142 valence electrons. The molecule has 1 N–H and O–H groups in total. The van der Waals surface area contributed by atoms with Crippen LogP contribution in [0, 0.1) is 0 Å². The summed E-state index contributed by atoms with van der Waals surface area (Å²) in [5, 5.41) is 2.98. The van der Waals surface area contributed by atoms with E-state index in [0.29, 0.717) is 5.75 Å². The first-order valence-corrected chi connectivity index (χ1v) is 10.0. The number of thioether (sulfide) groups is 1. The number of fused-ring (bicyclic) bond motifs is 1. The van der Waals surface area contributed by atoms with Crippen LogP contribution in [0.25, 0.3) is 0 Å². The van der Waals surface area contributed by atoms with Gasteiger partial charge in [0.25, 0.3) is 0 Å². The Morgan fingerprint density at radius 1 is 1.19 bits per heavy atom. The molecule has 1 atom stereocenters. The molecule has 1 unspecified atom stereocenters. The minimum Gasteiger partial charge on any atom is -0.491 e. The van der Waals surface area contributed by atoms with Crippen LogP contribution in [0.2, 0.25) is 0 Å². The van der Waals surface area contributed by atoms with E-state index in [9.17, 15) is 9.59 Å². The first-order valence-electron chi connectivity index (χ1n) is 9.02. The summed E-state index contributed by atoms with van der Waals surface area (Å²) in [5.41, 5.74) is 1.76. The van der Waals surface area contributed by atoms with Crippen molar-refractivity contribution in [1.29, 1.82) is 0 Å². The van der Waals surface area contributed by atoms with Crippen molar-refractivity contribution in [1.82, 2.24) is 5.32 Å². The Morgan fingerprint density at radius 2 is 1.96 bits per heavy atom. The number of rotatable bonds is 6. The summed E-state index contributed by atoms with van der Waals surface area (Å²) in [6.45, 7) is 5.89. The molecule has 2 aromatic carbocycles. The second kappa shape index (κ2) is 8.48. The Balaban J connectivity index is 1.66. The summed E-state index contributed by atoms with van der Waals surface area (Å²) < 4.78 is 5.72. The normalized spacial score (nSPS) is 14.7. The molecule has 1 heterocycles. The van der Waals surface area contributed by atoms with Gasteiger partial charge in [0.2, 0.25) is 11.8 Å². The fourth-order valence-corrected chi connectivity index (χ4v) is 3.91. The lowest BCUT2D eigenvalue weighted by Gasteiger charge is -2.28. The van der Waals surface area contributed by atoms with Crippen molar-refractivity contribution >= 4 is 29.3 Å². The Bertz CT molecular complexity index is 838. The van der Waals surface area contributed by atoms with Gasteiger partial charge in [-0.1, -0.05) is 24.3 Å². The highest BCUT2D eigenvalue weighted by atomic mass is 32.2. The van der Waals surface area contributed by atoms with Crippen molar-refractivity contribution in [3.05, 3.63) is 54.1 Å². The van der Waals surface area contributed by atoms with Gasteiger partial charge in [0, 0.05) is 4.90 Å². The van der Waals surface area contributed by atoms with E-state index in [-0.39, 0.29) is 30.5 Å². The maximum Gasteiger partial charge on any atom is 0.240 e. The quantitative estimate of drug-likeness (QED) is 0.823. The predicted molar refractivity (Wildman–Crippen MR) is 108 cm³/mol. The molecule has 1 aliphatic heterocycles. The summed E-state index contributed by atoms with van der Waals surface area (Å²) in [4.78, 5) is 27.5. The SMILES string of the molecule is CC(C)Oc1cccc(C(C)NC(=O)CN2C(=O)CSc3ccccc32)c1. The molecule has 0 aliphatic carbocycles. The lowest BCUT2D eigenvalue weighted by Crippen LogP contribution is -2.43. The molecule has 0 spiro atoms. The Morgan fingerprint density at radius 3 is 2.74 bits per heavy atom. The molecule has 0 saturated carbocycles. The van der Waals surface area contributed by atoms with Crippen LogP contribution in [0.3, 0.4) is 0 Å². The molecule has 0 aromatic heterocycles. The van der Waals surface area contributed by atoms with Crippen molar-refractivity contribution < 1.29 is 14.3 Å². The Kier molecular flexibility index (Phi) is 6.06. The van der Waals surface area contributed by atoms with Crippen molar-refractivity contribution in [2.24, 2.45) is 0 Å². The highest BCUT2D eigenvalue weighted by Crippen LogP contribution is 2.34. The number of amides is 2. The standard InChI is InChI=1S/C21H24N2O3S/c1-14(2)26-17-8-6-7-16(11-17)15(3)22-20(24)12-23-18-9-4-5-10-19(18)27-13-21(23)25/h4-11,14-15H,12-13H2,1-3H3,(H,22,24). The Labute approximate surface area is 164 Å². The average Bonchev–Trinajstić information content (AvgIpc) is 2.64. The number of benzene rings is 2. The molecule has 6 heteroatoms. The molecule has 5 nitrogen and oxygen atoms in total. The molecule has 0 saturated heterocycles. The van der Waals surface area contributed by atoms with Crippen LogP contribution in [0.5, 0.6) is 5.75 Å². The summed E-state index contributed by atoms with van der Waals surface area (Å²) in [6.07, 6.45) is 0.0909. The van der Waals surface area contributed by atoms with E-state index in [1.54, 1.807) is 4.90 Å². The van der Waals surface area contributed by atoms with Crippen molar-refractivity contribution in [2.45, 2.75) is 37.8 Å². The molecule has 2 aromatic rings. The van der Waals surface area contributed by atoms with E-state index in [0.717, 1.165) is 21.9 Å². The highest BCUT2D eigenvalue weighted by molar-refractivity contribution is 8.00. The molecular formula is C21H24N2O3S. The third-order valence-corrected chi connectivity index (χ3v) is 5.26. The van der Waals surface area contributed by atoms with Gasteiger partial charge in [0.15, 0.2) is 0 Å². The van der Waals surface area contributed by atoms with Crippen LogP contribution in [-0.2, 0) is 9.59 Å². The van der Waals surface area contributed by atoms with E-state index < -0.39 is 0 Å². The first-order chi connectivity index (χ1) is 12.9. The van der Waals surface area contributed by atoms with Gasteiger partial charge in [-0.3, -0.25) is 9.59 Å². The fraction of sp³-hybridized carbons (Fsp3) is 0.333. The van der Waals surface area contributed by atoms with Crippen LogP contribution in [0.1, 0.15) is 32.4 Å². The van der Waals surface area contributed by atoms with Gasteiger partial charge >= 0.3 is 0 Å². The van der Waals surface area contributed by atoms with Gasteiger partial charge in [-0.2, -0.15) is 0 Å². The predicted octanol–water partition coefficient (Wildman–Crippen LogP) is 3.79. The number of para-hydroxylation sites is 1. The van der Waals surface area contributed by atoms with Crippen LogP contribution in [0.15, 0.2) is 53.4 Å². The van der Waals surface area contributed by atoms with Gasteiger partial charge in [0.05, 0.1) is 23.6 Å². The van der Waals surface area contributed by atoms with E-state index in [4.69, 9.17) is 4.74 Å². The highest BCUT2D eigenvalue weighted by Gasteiger charge is 2.26. The summed E-state index contributed by atoms with van der Waals surface area (Å²) >= 11 is 1.51. The van der Waals surface area contributed by atoms with Crippen molar-refractivity contribution in [2.75, 3.05) is 17.2 Å². The Hall–Kier alpha value is -2.47. The summed E-state index contributed by atoms with van der Waals surface area (Å²) in [7, 11) is 0. The molecule has 0 radical (unpaired) electrons. The molecule has 2 amide bonds. The number of hydrogen-bond acceptors (Lipinski definition) is 4. The lowest BCUT2D eigenvalue weighted by molar-refractivity contribution is -0.123. The number of nitrogens with zero attached hydrogens (tertiary/aromatic N) is 1. The number of ether oxygens (including phenoxy) is 1. The smallest absolute Gasteiger partial charge is 0.240 e. The zero-order valence-electron chi connectivity index (χ0n) is 15.8. The van der Waals surface area contributed by atoms with E-state index >= 15 is 0 Å². The average molecular weight is 385 g/mol. The van der Waals surface area contributed by atoms with Gasteiger partial charge in [-0.05, 0) is 50.6 Å². The zero-order chi connectivity index (χ0) is 19.4. The largest absolute Gasteiger partial charge is 0.491 e. The van der Waals surface area contributed by atoms with Gasteiger partial charge in [0.1, 0.15) is 12.3 Å². The van der Waals surface area contributed by atoms with E-state index in [2.05, 4.69) is 5.32 Å². The van der Waals surface area contributed by atoms with Crippen LogP contribution in [0.4, 0.5) is 5.69 Å². The van der Waals surface area contributed by atoms with Gasteiger partial charge in [-0.15, -0.1) is 11.8 Å². The molecule has 1 aliphatic rings. The number of hydrogen-bond donors (Lipinski definition) is 1. The molecular weight excluding hydrogens is 360 g/mol. The van der Waals surface area contributed by atoms with Crippen LogP contribution < -0.4 is 15.0 Å². The number of carbonyl (C=O) groups excluding carboxylic acids is 2. The molecule has 0 bridgehead atoms. The maximum atomic E-state index is 12.6. The molecule has 3 rings (SSSR count). The topological polar surface area (TPSA) is 58.6 Å². The maximum absolute atomic E-state index is 12.6. The van der Waals surface area contributed by atoms with Gasteiger partial charge < -0.3 is 15.0 Å². The van der Waals surface area contributed by atoms with Crippen molar-refractivity contribution in [3.8, 4) is 5.75 Å². The van der Waals surface area contributed by atoms with Crippen LogP contribution in [-0.4, -0.2) is 30.2 Å². The van der Waals surface area contributed by atoms with E-state index in [1.807, 2.05) is 69.3 Å². The lowest BCUT2D eigenvalue weighted by atomic mass is 10.1. The zero-order valence-corrected chi connectivity index (χ0v) is 16.6. The third kappa shape index (κ3) is 4.83. The first kappa shape index (κ1) is 19.3. The number of nitrogens with one attached hydrogen (secondary N) is 1. The number of carbonyl (C=O) groups is 2. The van der Waals surface area contributed by atoms with E-state index in [1.165, 1.54) is 11.8 Å². The minimum atomic E-state index is -0.187. The molecule has 0 fully saturated rings. The second-order valence-electron chi connectivity index (χ2n) is 6.76. The van der Waals surface area contributed by atoms with Crippen molar-refractivity contribution in [3.63, 3.8) is 0 Å². The monoisotopic (exact) mass is 384 g/mol. The second-order valence-corrected chi connectivity index (χ2v) is 7.78. The summed E-state index contributed by atoms with van der Waals surface area (Å²) in [5.74, 6) is 0.899. The molecule has 27 heavy (non-hydrogen) atoms. The van der Waals surface area contributed by atoms with Crippen LogP contribution >= 0.6 is 11.8 Å². The van der Waals surface area contributed by atoms with Gasteiger partial charge in [-0.25, -0.2) is 0 Å². The fourth-order valence-electron chi connectivity index (χ4n) is 2.97. The number of anilines is 1. The minimum absolute atomic E-state index is 0.0168. The summed E-state index contributed by atoms with van der Waals surface area (Å²) in [6, 6.07) is 15.2. The third-order valence-electron chi connectivity index (χ3n) is 4.22.